The zero-order chi connectivity index (χ0) is 25.1. The Morgan fingerprint density at radius 3 is 1.44 bits per heavy atom. The molecule has 2 N–H and O–H groups in total. The van der Waals surface area contributed by atoms with Gasteiger partial charge in [0.15, 0.2) is 0 Å². The maximum Gasteiger partial charge on any atom is 0.256 e. The maximum atomic E-state index is 13.3. The number of para-hydroxylation sites is 4. The molecule has 0 atom stereocenters. The Hall–Kier alpha value is -4.84. The number of methoxy groups -OCH3 is 2. The summed E-state index contributed by atoms with van der Waals surface area (Å²) in [5, 5.41) is 9.18. The first-order valence-corrected chi connectivity index (χ1v) is 11.4. The number of carbonyl (C=O) groups excluding carboxylic acids is 2. The summed E-state index contributed by atoms with van der Waals surface area (Å²) in [6.45, 7) is 0. The molecule has 6 heteroatoms. The molecule has 5 rings (SSSR count). The fourth-order valence-corrected chi connectivity index (χ4v) is 4.32. The second kappa shape index (κ2) is 9.80. The number of benzene rings is 5. The van der Waals surface area contributed by atoms with Crippen molar-refractivity contribution >= 4 is 44.7 Å². The first kappa shape index (κ1) is 22.9. The van der Waals surface area contributed by atoms with Crippen LogP contribution in [0.5, 0.6) is 11.5 Å². The Bertz CT molecular complexity index is 1490. The Balaban J connectivity index is 1.57. The molecule has 0 aliphatic heterocycles. The minimum absolute atomic E-state index is 0.264. The van der Waals surface area contributed by atoms with E-state index < -0.39 is 0 Å². The van der Waals surface area contributed by atoms with E-state index in [1.54, 1.807) is 50.6 Å². The molecule has 0 unspecified atom stereocenters. The standard InChI is InChI=1S/C30H24N2O4/c1-35-27-15-5-3-13-25(27)31-29(33)21-11-7-9-19-17-20-10-8-12-22(24(20)18-23(19)21)30(34)32-26-14-4-6-16-28(26)36-2/h3-18H,1-2H3,(H,31,33)(H,32,34). The van der Waals surface area contributed by atoms with Gasteiger partial charge >= 0.3 is 0 Å². The summed E-state index contributed by atoms with van der Waals surface area (Å²) in [5.41, 5.74) is 2.17. The third-order valence-corrected chi connectivity index (χ3v) is 6.08. The fraction of sp³-hybridized carbons (Fsp3) is 0.0667. The van der Waals surface area contributed by atoms with Crippen LogP contribution in [0.1, 0.15) is 20.7 Å². The molecular weight excluding hydrogens is 452 g/mol. The molecule has 0 saturated carbocycles. The number of rotatable bonds is 6. The number of carbonyl (C=O) groups is 2. The fourth-order valence-electron chi connectivity index (χ4n) is 4.32. The van der Waals surface area contributed by atoms with Gasteiger partial charge in [-0.05, 0) is 70.1 Å². The van der Waals surface area contributed by atoms with Gasteiger partial charge in [0, 0.05) is 11.1 Å². The van der Waals surface area contributed by atoms with Gasteiger partial charge in [0.1, 0.15) is 11.5 Å². The van der Waals surface area contributed by atoms with Crippen LogP contribution in [0.2, 0.25) is 0 Å². The molecule has 0 fully saturated rings. The van der Waals surface area contributed by atoms with Gasteiger partial charge in [-0.25, -0.2) is 0 Å². The lowest BCUT2D eigenvalue weighted by Crippen LogP contribution is -2.14. The van der Waals surface area contributed by atoms with E-state index in [0.717, 1.165) is 21.5 Å². The number of amides is 2. The van der Waals surface area contributed by atoms with Crippen LogP contribution < -0.4 is 20.1 Å². The van der Waals surface area contributed by atoms with E-state index >= 15 is 0 Å². The van der Waals surface area contributed by atoms with Crippen molar-refractivity contribution in [1.82, 2.24) is 0 Å². The summed E-state index contributed by atoms with van der Waals surface area (Å²) in [4.78, 5) is 26.6. The molecule has 0 aliphatic rings. The molecule has 0 aliphatic carbocycles. The number of hydrogen-bond donors (Lipinski definition) is 2. The summed E-state index contributed by atoms with van der Waals surface area (Å²) in [6.07, 6.45) is 0. The molecule has 2 amide bonds. The summed E-state index contributed by atoms with van der Waals surface area (Å²) in [6, 6.07) is 29.6. The molecular formula is C30H24N2O4. The molecule has 178 valence electrons. The number of nitrogens with one attached hydrogen (secondary N) is 2. The van der Waals surface area contributed by atoms with Crippen LogP contribution in [-0.2, 0) is 0 Å². The van der Waals surface area contributed by atoms with Crippen molar-refractivity contribution in [2.24, 2.45) is 0 Å². The molecule has 5 aromatic carbocycles. The molecule has 0 saturated heterocycles. The molecule has 0 bridgehead atoms. The van der Waals surface area contributed by atoms with Crippen molar-refractivity contribution in [1.29, 1.82) is 0 Å². The van der Waals surface area contributed by atoms with Crippen LogP contribution in [-0.4, -0.2) is 26.0 Å². The van der Waals surface area contributed by atoms with Gasteiger partial charge in [-0.1, -0.05) is 48.5 Å². The highest BCUT2D eigenvalue weighted by Crippen LogP contribution is 2.31. The normalized spacial score (nSPS) is 10.7. The lowest BCUT2D eigenvalue weighted by atomic mass is 9.96. The van der Waals surface area contributed by atoms with Crippen molar-refractivity contribution in [2.45, 2.75) is 0 Å². The van der Waals surface area contributed by atoms with E-state index in [0.29, 0.717) is 34.0 Å². The predicted octanol–water partition coefficient (Wildman–Crippen LogP) is 6.51. The van der Waals surface area contributed by atoms with E-state index in [-0.39, 0.29) is 11.8 Å². The van der Waals surface area contributed by atoms with Crippen LogP contribution >= 0.6 is 0 Å². The summed E-state index contributed by atoms with van der Waals surface area (Å²) >= 11 is 0. The highest BCUT2D eigenvalue weighted by Gasteiger charge is 2.16. The molecule has 0 spiro atoms. The Morgan fingerprint density at radius 2 is 1.00 bits per heavy atom. The number of ether oxygens (including phenoxy) is 2. The highest BCUT2D eigenvalue weighted by molar-refractivity contribution is 6.19. The second-order valence-electron chi connectivity index (χ2n) is 8.21. The Morgan fingerprint density at radius 1 is 0.556 bits per heavy atom. The first-order chi connectivity index (χ1) is 17.6. The number of fused-ring (bicyclic) bond motifs is 2. The molecule has 5 aromatic rings. The minimum Gasteiger partial charge on any atom is -0.495 e. The first-order valence-electron chi connectivity index (χ1n) is 11.4. The Labute approximate surface area is 208 Å². The maximum absolute atomic E-state index is 13.3. The molecule has 36 heavy (non-hydrogen) atoms. The van der Waals surface area contributed by atoms with E-state index in [1.807, 2.05) is 60.7 Å². The highest BCUT2D eigenvalue weighted by atomic mass is 16.5. The minimum atomic E-state index is -0.264. The quantitative estimate of drug-likeness (QED) is 0.274. The van der Waals surface area contributed by atoms with E-state index in [2.05, 4.69) is 10.6 Å². The van der Waals surface area contributed by atoms with E-state index in [9.17, 15) is 9.59 Å². The van der Waals surface area contributed by atoms with Gasteiger partial charge in [0.25, 0.3) is 11.8 Å². The van der Waals surface area contributed by atoms with Crippen LogP contribution in [0.15, 0.2) is 97.1 Å². The Kier molecular flexibility index (Phi) is 6.24. The number of anilines is 2. The van der Waals surface area contributed by atoms with Crippen molar-refractivity contribution < 1.29 is 19.1 Å². The summed E-state index contributed by atoms with van der Waals surface area (Å²) < 4.78 is 10.7. The summed E-state index contributed by atoms with van der Waals surface area (Å²) in [7, 11) is 3.12. The monoisotopic (exact) mass is 476 g/mol. The largest absolute Gasteiger partial charge is 0.495 e. The average Bonchev–Trinajstić information content (AvgIpc) is 2.91. The van der Waals surface area contributed by atoms with Crippen molar-refractivity contribution in [2.75, 3.05) is 24.9 Å². The van der Waals surface area contributed by atoms with Crippen molar-refractivity contribution in [3.05, 3.63) is 108 Å². The molecule has 0 heterocycles. The molecule has 0 aromatic heterocycles. The van der Waals surface area contributed by atoms with Crippen LogP contribution in [0.25, 0.3) is 21.5 Å². The van der Waals surface area contributed by atoms with Gasteiger partial charge in [0.2, 0.25) is 0 Å². The van der Waals surface area contributed by atoms with Crippen molar-refractivity contribution in [3.8, 4) is 11.5 Å². The zero-order valence-electron chi connectivity index (χ0n) is 19.9. The topological polar surface area (TPSA) is 76.7 Å². The molecule has 0 radical (unpaired) electrons. The third kappa shape index (κ3) is 4.32. The third-order valence-electron chi connectivity index (χ3n) is 6.08. The van der Waals surface area contributed by atoms with Gasteiger partial charge in [0.05, 0.1) is 25.6 Å². The zero-order valence-corrected chi connectivity index (χ0v) is 19.9. The average molecular weight is 477 g/mol. The lowest BCUT2D eigenvalue weighted by molar-refractivity contribution is 0.102. The summed E-state index contributed by atoms with van der Waals surface area (Å²) in [5.74, 6) is 0.625. The van der Waals surface area contributed by atoms with E-state index in [1.165, 1.54) is 0 Å². The SMILES string of the molecule is COc1ccccc1NC(=O)c1cccc2cc3cccc(C(=O)Nc4ccccc4OC)c3cc12. The van der Waals surface area contributed by atoms with Gasteiger partial charge in [-0.2, -0.15) is 0 Å². The van der Waals surface area contributed by atoms with Crippen molar-refractivity contribution in [3.63, 3.8) is 0 Å². The van der Waals surface area contributed by atoms with Gasteiger partial charge < -0.3 is 20.1 Å². The predicted molar refractivity (Wildman–Crippen MR) is 143 cm³/mol. The van der Waals surface area contributed by atoms with Crippen LogP contribution in [0.3, 0.4) is 0 Å². The lowest BCUT2D eigenvalue weighted by Gasteiger charge is -2.14. The van der Waals surface area contributed by atoms with Gasteiger partial charge in [-0.15, -0.1) is 0 Å². The van der Waals surface area contributed by atoms with Crippen LogP contribution in [0.4, 0.5) is 11.4 Å². The number of hydrogen-bond acceptors (Lipinski definition) is 4. The van der Waals surface area contributed by atoms with Gasteiger partial charge in [-0.3, -0.25) is 9.59 Å². The van der Waals surface area contributed by atoms with E-state index in [4.69, 9.17) is 9.47 Å². The smallest absolute Gasteiger partial charge is 0.256 e. The van der Waals surface area contributed by atoms with Crippen LogP contribution in [0, 0.1) is 0 Å². The second-order valence-corrected chi connectivity index (χ2v) is 8.21. The molecule has 6 nitrogen and oxygen atoms in total.